The first-order chi connectivity index (χ1) is 13.5. The summed E-state index contributed by atoms with van der Waals surface area (Å²) in [5, 5.41) is 22.1. The van der Waals surface area contributed by atoms with Crippen LogP contribution < -0.4 is 16.1 Å². The van der Waals surface area contributed by atoms with Crippen molar-refractivity contribution in [1.29, 1.82) is 0 Å². The van der Waals surface area contributed by atoms with Crippen LogP contribution in [0.25, 0.3) is 11.0 Å². The SMILES string of the molecule is Nc1ccc(OCC(O)C(O)c2cccc3oc(=O)c4c(c23)CCCC4)cc1. The summed E-state index contributed by atoms with van der Waals surface area (Å²) in [5.41, 5.74) is 8.57. The molecule has 0 radical (unpaired) electrons. The molecule has 6 nitrogen and oxygen atoms in total. The highest BCUT2D eigenvalue weighted by molar-refractivity contribution is 5.85. The quantitative estimate of drug-likeness (QED) is 0.463. The smallest absolute Gasteiger partial charge is 0.339 e. The van der Waals surface area contributed by atoms with Gasteiger partial charge >= 0.3 is 5.63 Å². The average molecular weight is 381 g/mol. The lowest BCUT2D eigenvalue weighted by Gasteiger charge is -2.23. The van der Waals surface area contributed by atoms with Crippen molar-refractivity contribution >= 4 is 16.7 Å². The van der Waals surface area contributed by atoms with E-state index >= 15 is 0 Å². The predicted molar refractivity (Wildman–Crippen MR) is 106 cm³/mol. The van der Waals surface area contributed by atoms with E-state index in [-0.39, 0.29) is 12.2 Å². The molecule has 2 aromatic carbocycles. The standard InChI is InChI=1S/C22H23NO5/c23-13-8-10-14(11-9-13)27-12-18(24)21(25)17-6-3-7-19-20(17)15-4-1-2-5-16(15)22(26)28-19/h3,6-11,18,21,24-25H,1-2,4-5,12,23H2. The lowest BCUT2D eigenvalue weighted by Crippen LogP contribution is -2.26. The minimum Gasteiger partial charge on any atom is -0.491 e. The van der Waals surface area contributed by atoms with Crippen LogP contribution in [-0.2, 0) is 12.8 Å². The van der Waals surface area contributed by atoms with Gasteiger partial charge in [0.15, 0.2) is 0 Å². The van der Waals surface area contributed by atoms with Gasteiger partial charge in [-0.15, -0.1) is 0 Å². The van der Waals surface area contributed by atoms with E-state index in [2.05, 4.69) is 0 Å². The van der Waals surface area contributed by atoms with Gasteiger partial charge in [0, 0.05) is 16.6 Å². The number of aliphatic hydroxyl groups is 2. The molecule has 0 bridgehead atoms. The van der Waals surface area contributed by atoms with Crippen LogP contribution in [-0.4, -0.2) is 22.9 Å². The molecule has 6 heteroatoms. The van der Waals surface area contributed by atoms with Crippen molar-refractivity contribution < 1.29 is 19.4 Å². The summed E-state index contributed by atoms with van der Waals surface area (Å²) in [6.45, 7) is -0.0829. The number of nitrogen functional groups attached to an aromatic ring is 1. The third kappa shape index (κ3) is 3.48. The summed E-state index contributed by atoms with van der Waals surface area (Å²) in [6, 6.07) is 12.0. The first-order valence-corrected chi connectivity index (χ1v) is 9.46. The zero-order chi connectivity index (χ0) is 19.7. The second kappa shape index (κ2) is 7.66. The highest BCUT2D eigenvalue weighted by Crippen LogP contribution is 2.33. The summed E-state index contributed by atoms with van der Waals surface area (Å²) in [7, 11) is 0. The third-order valence-electron chi connectivity index (χ3n) is 5.26. The molecule has 1 heterocycles. The van der Waals surface area contributed by atoms with E-state index in [9.17, 15) is 15.0 Å². The highest BCUT2D eigenvalue weighted by Gasteiger charge is 2.26. The van der Waals surface area contributed by atoms with Gasteiger partial charge in [-0.25, -0.2) is 4.79 Å². The normalized spacial score (nSPS) is 15.8. The zero-order valence-electron chi connectivity index (χ0n) is 15.4. The number of aryl methyl sites for hydroxylation is 1. The Balaban J connectivity index is 1.64. The van der Waals surface area contributed by atoms with Gasteiger partial charge in [0.25, 0.3) is 0 Å². The molecule has 0 spiro atoms. The molecule has 0 fully saturated rings. The molecule has 28 heavy (non-hydrogen) atoms. The van der Waals surface area contributed by atoms with Crippen LogP contribution in [0.3, 0.4) is 0 Å². The molecule has 0 amide bonds. The molecule has 0 saturated heterocycles. The Hall–Kier alpha value is -2.83. The van der Waals surface area contributed by atoms with Crippen molar-refractivity contribution in [2.24, 2.45) is 0 Å². The summed E-state index contributed by atoms with van der Waals surface area (Å²) in [5.74, 6) is 0.557. The Bertz CT molecular complexity index is 1040. The summed E-state index contributed by atoms with van der Waals surface area (Å²) in [4.78, 5) is 12.3. The van der Waals surface area contributed by atoms with Gasteiger partial charge in [-0.3, -0.25) is 0 Å². The second-order valence-corrected chi connectivity index (χ2v) is 7.17. The summed E-state index contributed by atoms with van der Waals surface area (Å²) < 4.78 is 11.0. The van der Waals surface area contributed by atoms with Crippen LogP contribution >= 0.6 is 0 Å². The van der Waals surface area contributed by atoms with E-state index in [1.165, 1.54) is 0 Å². The minimum absolute atomic E-state index is 0.0829. The topological polar surface area (TPSA) is 106 Å². The minimum atomic E-state index is -1.17. The van der Waals surface area contributed by atoms with E-state index in [0.717, 1.165) is 30.2 Å². The Morgan fingerprint density at radius 2 is 1.75 bits per heavy atom. The number of anilines is 1. The molecule has 4 rings (SSSR count). The van der Waals surface area contributed by atoms with Gasteiger partial charge in [0.05, 0.1) is 0 Å². The van der Waals surface area contributed by atoms with Gasteiger partial charge in [0.2, 0.25) is 0 Å². The van der Waals surface area contributed by atoms with Crippen molar-refractivity contribution in [3.63, 3.8) is 0 Å². The Labute approximate surface area is 162 Å². The van der Waals surface area contributed by atoms with Crippen molar-refractivity contribution in [2.45, 2.75) is 37.9 Å². The first-order valence-electron chi connectivity index (χ1n) is 9.46. The third-order valence-corrected chi connectivity index (χ3v) is 5.26. The Morgan fingerprint density at radius 1 is 1.04 bits per heavy atom. The van der Waals surface area contributed by atoms with Gasteiger partial charge in [-0.1, -0.05) is 12.1 Å². The van der Waals surface area contributed by atoms with Gasteiger partial charge < -0.3 is 25.1 Å². The van der Waals surface area contributed by atoms with Crippen LogP contribution in [0.5, 0.6) is 5.75 Å². The van der Waals surface area contributed by atoms with Crippen LogP contribution in [0.2, 0.25) is 0 Å². The molecular formula is C22H23NO5. The molecule has 2 unspecified atom stereocenters. The molecule has 1 aliphatic rings. The monoisotopic (exact) mass is 381 g/mol. The van der Waals surface area contributed by atoms with Crippen LogP contribution in [0.15, 0.2) is 51.7 Å². The van der Waals surface area contributed by atoms with Gasteiger partial charge in [0.1, 0.15) is 30.1 Å². The maximum atomic E-state index is 12.3. The highest BCUT2D eigenvalue weighted by atomic mass is 16.5. The zero-order valence-corrected chi connectivity index (χ0v) is 15.4. The van der Waals surface area contributed by atoms with Crippen molar-refractivity contribution in [3.8, 4) is 5.75 Å². The van der Waals surface area contributed by atoms with Gasteiger partial charge in [-0.2, -0.15) is 0 Å². The summed E-state index contributed by atoms with van der Waals surface area (Å²) in [6.07, 6.45) is 1.07. The number of benzene rings is 2. The number of aliphatic hydroxyl groups excluding tert-OH is 2. The molecule has 3 aromatic rings. The lowest BCUT2D eigenvalue weighted by atomic mass is 9.87. The fraction of sp³-hybridized carbons (Fsp3) is 0.318. The number of fused-ring (bicyclic) bond motifs is 3. The van der Waals surface area contributed by atoms with E-state index in [1.807, 2.05) is 0 Å². The fourth-order valence-corrected chi connectivity index (χ4v) is 3.81. The van der Waals surface area contributed by atoms with Crippen LogP contribution in [0.1, 0.15) is 35.6 Å². The molecule has 2 atom stereocenters. The van der Waals surface area contributed by atoms with Crippen molar-refractivity contribution in [1.82, 2.24) is 0 Å². The van der Waals surface area contributed by atoms with Crippen LogP contribution in [0.4, 0.5) is 5.69 Å². The molecule has 0 saturated carbocycles. The Kier molecular flexibility index (Phi) is 5.07. The first kappa shape index (κ1) is 18.5. The van der Waals surface area contributed by atoms with Crippen molar-refractivity contribution in [3.05, 3.63) is 69.6 Å². The summed E-state index contributed by atoms with van der Waals surface area (Å²) >= 11 is 0. The molecule has 1 aromatic heterocycles. The predicted octanol–water partition coefficient (Wildman–Crippen LogP) is 2.73. The van der Waals surface area contributed by atoms with E-state index < -0.39 is 12.2 Å². The van der Waals surface area contributed by atoms with E-state index in [1.54, 1.807) is 42.5 Å². The van der Waals surface area contributed by atoms with Crippen LogP contribution in [0, 0.1) is 0 Å². The van der Waals surface area contributed by atoms with Gasteiger partial charge in [-0.05, 0) is 67.1 Å². The van der Waals surface area contributed by atoms with E-state index in [4.69, 9.17) is 14.9 Å². The van der Waals surface area contributed by atoms with E-state index in [0.29, 0.717) is 34.6 Å². The van der Waals surface area contributed by atoms with Crippen molar-refractivity contribution in [2.75, 3.05) is 12.3 Å². The maximum absolute atomic E-state index is 12.3. The average Bonchev–Trinajstić information content (AvgIpc) is 2.72. The molecule has 1 aliphatic carbocycles. The number of ether oxygens (including phenoxy) is 1. The molecule has 4 N–H and O–H groups in total. The second-order valence-electron chi connectivity index (χ2n) is 7.17. The maximum Gasteiger partial charge on any atom is 0.339 e. The number of nitrogens with two attached hydrogens (primary N) is 1. The largest absolute Gasteiger partial charge is 0.491 e. The Morgan fingerprint density at radius 3 is 2.50 bits per heavy atom. The molecule has 0 aliphatic heterocycles. The number of rotatable bonds is 5. The molecule has 146 valence electrons. The lowest BCUT2D eigenvalue weighted by molar-refractivity contribution is -0.00832. The fourth-order valence-electron chi connectivity index (χ4n) is 3.81. The number of hydrogen-bond acceptors (Lipinski definition) is 6. The molecular weight excluding hydrogens is 358 g/mol. The number of hydrogen-bond donors (Lipinski definition) is 3.